The van der Waals surface area contributed by atoms with Gasteiger partial charge in [-0.15, -0.1) is 0 Å². The first-order valence-corrected chi connectivity index (χ1v) is 5.15. The summed E-state index contributed by atoms with van der Waals surface area (Å²) in [5, 5.41) is 18.2. The Morgan fingerprint density at radius 2 is 2.00 bits per heavy atom. The van der Waals surface area contributed by atoms with E-state index in [1.54, 1.807) is 0 Å². The van der Waals surface area contributed by atoms with Gasteiger partial charge in [-0.25, -0.2) is 4.39 Å². The Hall–Kier alpha value is -2.67. The summed E-state index contributed by atoms with van der Waals surface area (Å²) in [7, 11) is 0. The van der Waals surface area contributed by atoms with Gasteiger partial charge in [-0.1, -0.05) is 12.1 Å². The molecule has 0 unspecified atom stereocenters. The van der Waals surface area contributed by atoms with E-state index in [9.17, 15) is 14.3 Å². The van der Waals surface area contributed by atoms with E-state index >= 15 is 0 Å². The lowest BCUT2D eigenvalue weighted by Gasteiger charge is -2.04. The minimum Gasteiger partial charge on any atom is -0.508 e. The number of halogens is 1. The van der Waals surface area contributed by atoms with Gasteiger partial charge in [0.25, 0.3) is 0 Å². The molecule has 0 aliphatic carbocycles. The second-order valence-electron chi connectivity index (χ2n) is 3.68. The van der Waals surface area contributed by atoms with Crippen molar-refractivity contribution in [3.05, 3.63) is 65.0 Å². The summed E-state index contributed by atoms with van der Waals surface area (Å²) in [6.07, 6.45) is 0. The van der Waals surface area contributed by atoms with Gasteiger partial charge in [0.2, 0.25) is 0 Å². The van der Waals surface area contributed by atoms with Gasteiger partial charge in [-0.2, -0.15) is 5.26 Å². The van der Waals surface area contributed by atoms with E-state index < -0.39 is 11.6 Å². The van der Waals surface area contributed by atoms with Gasteiger partial charge in [0, 0.05) is 11.1 Å². The Kier molecular flexibility index (Phi) is 3.07. The van der Waals surface area contributed by atoms with Crippen LogP contribution >= 0.6 is 0 Å². The standard InChI is InChI=1S/C14H8FNO2/c15-11-3-1-2-9(6-11)14(18)13-7-12(17)5-4-10(13)8-16/h1-7,17H. The highest BCUT2D eigenvalue weighted by molar-refractivity contribution is 6.10. The molecule has 3 nitrogen and oxygen atoms in total. The number of rotatable bonds is 2. The number of phenols is 1. The summed E-state index contributed by atoms with van der Waals surface area (Å²) in [6.45, 7) is 0. The molecule has 0 heterocycles. The number of nitriles is 1. The van der Waals surface area contributed by atoms with Gasteiger partial charge in [0.15, 0.2) is 5.78 Å². The minimum absolute atomic E-state index is 0.0584. The van der Waals surface area contributed by atoms with Crippen LogP contribution in [-0.4, -0.2) is 10.9 Å². The first kappa shape index (κ1) is 11.8. The lowest BCUT2D eigenvalue weighted by Crippen LogP contribution is -2.04. The molecule has 1 N–H and O–H groups in total. The number of benzene rings is 2. The van der Waals surface area contributed by atoms with Gasteiger partial charge < -0.3 is 5.11 Å². The zero-order valence-corrected chi connectivity index (χ0v) is 9.22. The van der Waals surface area contributed by atoms with E-state index in [0.29, 0.717) is 0 Å². The van der Waals surface area contributed by atoms with Crippen LogP contribution in [0, 0.1) is 17.1 Å². The van der Waals surface area contributed by atoms with Crippen LogP contribution < -0.4 is 0 Å². The number of carbonyl (C=O) groups excluding carboxylic acids is 1. The zero-order chi connectivity index (χ0) is 13.1. The van der Waals surface area contributed by atoms with E-state index in [-0.39, 0.29) is 22.4 Å². The van der Waals surface area contributed by atoms with Crippen molar-refractivity contribution in [3.8, 4) is 11.8 Å². The van der Waals surface area contributed by atoms with Crippen molar-refractivity contribution in [3.63, 3.8) is 0 Å². The third-order valence-corrected chi connectivity index (χ3v) is 2.46. The fourth-order valence-electron chi connectivity index (χ4n) is 1.60. The lowest BCUT2D eigenvalue weighted by molar-refractivity contribution is 0.103. The van der Waals surface area contributed by atoms with Crippen LogP contribution in [0.4, 0.5) is 4.39 Å². The monoisotopic (exact) mass is 241 g/mol. The number of nitrogens with zero attached hydrogens (tertiary/aromatic N) is 1. The quantitative estimate of drug-likeness (QED) is 0.822. The van der Waals surface area contributed by atoms with Crippen LogP contribution in [0.3, 0.4) is 0 Å². The largest absolute Gasteiger partial charge is 0.508 e. The molecular formula is C14H8FNO2. The van der Waals surface area contributed by atoms with Gasteiger partial charge in [0.05, 0.1) is 11.6 Å². The number of aromatic hydroxyl groups is 1. The van der Waals surface area contributed by atoms with Crippen LogP contribution in [0.1, 0.15) is 21.5 Å². The predicted molar refractivity (Wildman–Crippen MR) is 62.7 cm³/mol. The Morgan fingerprint density at radius 1 is 1.22 bits per heavy atom. The highest BCUT2D eigenvalue weighted by Crippen LogP contribution is 2.19. The summed E-state index contributed by atoms with van der Waals surface area (Å²) in [5.74, 6) is -1.14. The molecule has 0 amide bonds. The highest BCUT2D eigenvalue weighted by atomic mass is 19.1. The van der Waals surface area contributed by atoms with Crippen LogP contribution in [-0.2, 0) is 0 Å². The normalized spacial score (nSPS) is 9.78. The molecule has 0 aliphatic rings. The van der Waals surface area contributed by atoms with Crippen molar-refractivity contribution >= 4 is 5.78 Å². The Labute approximate surface area is 103 Å². The zero-order valence-electron chi connectivity index (χ0n) is 9.22. The van der Waals surface area contributed by atoms with E-state index in [2.05, 4.69) is 0 Å². The second-order valence-corrected chi connectivity index (χ2v) is 3.68. The molecule has 0 saturated carbocycles. The highest BCUT2D eigenvalue weighted by Gasteiger charge is 2.14. The summed E-state index contributed by atoms with van der Waals surface area (Å²) >= 11 is 0. The van der Waals surface area contributed by atoms with Crippen molar-refractivity contribution in [1.29, 1.82) is 5.26 Å². The third kappa shape index (κ3) is 2.20. The second kappa shape index (κ2) is 4.68. The summed E-state index contributed by atoms with van der Waals surface area (Å²) < 4.78 is 13.0. The predicted octanol–water partition coefficient (Wildman–Crippen LogP) is 2.63. The summed E-state index contributed by atoms with van der Waals surface area (Å²) in [6, 6.07) is 10.9. The summed E-state index contributed by atoms with van der Waals surface area (Å²) in [5.41, 5.74) is 0.335. The van der Waals surface area contributed by atoms with E-state index in [4.69, 9.17) is 5.26 Å². The first-order chi connectivity index (χ1) is 8.61. The molecule has 0 spiro atoms. The van der Waals surface area contributed by atoms with Crippen LogP contribution in [0.2, 0.25) is 0 Å². The molecule has 0 atom stereocenters. The van der Waals surface area contributed by atoms with Crippen LogP contribution in [0.25, 0.3) is 0 Å². The van der Waals surface area contributed by atoms with Gasteiger partial charge in [-0.05, 0) is 30.3 Å². The van der Waals surface area contributed by atoms with E-state index in [0.717, 1.165) is 6.07 Å². The minimum atomic E-state index is -0.528. The number of phenolic OH excluding ortho intramolecular Hbond substituents is 1. The van der Waals surface area contributed by atoms with Crippen LogP contribution in [0.15, 0.2) is 42.5 Å². The lowest BCUT2D eigenvalue weighted by atomic mass is 9.98. The Morgan fingerprint density at radius 3 is 2.67 bits per heavy atom. The molecule has 88 valence electrons. The first-order valence-electron chi connectivity index (χ1n) is 5.15. The molecule has 0 saturated heterocycles. The van der Waals surface area contributed by atoms with Gasteiger partial charge in [-0.3, -0.25) is 4.79 Å². The molecule has 0 aliphatic heterocycles. The van der Waals surface area contributed by atoms with Crippen molar-refractivity contribution in [2.45, 2.75) is 0 Å². The molecule has 0 radical (unpaired) electrons. The number of hydrogen-bond acceptors (Lipinski definition) is 3. The Bertz CT molecular complexity index is 659. The maximum Gasteiger partial charge on any atom is 0.194 e. The molecule has 2 rings (SSSR count). The van der Waals surface area contributed by atoms with Crippen LogP contribution in [0.5, 0.6) is 5.75 Å². The fourth-order valence-corrected chi connectivity index (χ4v) is 1.60. The van der Waals surface area contributed by atoms with Crippen molar-refractivity contribution in [1.82, 2.24) is 0 Å². The van der Waals surface area contributed by atoms with E-state index in [1.165, 1.54) is 36.4 Å². The van der Waals surface area contributed by atoms with E-state index in [1.807, 2.05) is 6.07 Å². The topological polar surface area (TPSA) is 61.1 Å². The molecule has 2 aromatic rings. The third-order valence-electron chi connectivity index (χ3n) is 2.46. The maximum atomic E-state index is 13.0. The fraction of sp³-hybridized carbons (Fsp3) is 0. The van der Waals surface area contributed by atoms with Gasteiger partial charge in [0.1, 0.15) is 11.6 Å². The number of hydrogen-bond donors (Lipinski definition) is 1. The number of carbonyl (C=O) groups is 1. The molecule has 0 aromatic heterocycles. The molecular weight excluding hydrogens is 233 g/mol. The molecule has 0 bridgehead atoms. The smallest absolute Gasteiger partial charge is 0.194 e. The number of ketones is 1. The molecule has 0 fully saturated rings. The van der Waals surface area contributed by atoms with Crippen molar-refractivity contribution in [2.75, 3.05) is 0 Å². The van der Waals surface area contributed by atoms with Gasteiger partial charge >= 0.3 is 0 Å². The average molecular weight is 241 g/mol. The SMILES string of the molecule is N#Cc1ccc(O)cc1C(=O)c1cccc(F)c1. The maximum absolute atomic E-state index is 13.0. The average Bonchev–Trinajstić information content (AvgIpc) is 2.38. The Balaban J connectivity index is 2.53. The van der Waals surface area contributed by atoms with Crippen molar-refractivity contribution in [2.24, 2.45) is 0 Å². The van der Waals surface area contributed by atoms with Crippen molar-refractivity contribution < 1.29 is 14.3 Å². The molecule has 2 aromatic carbocycles. The molecule has 4 heteroatoms. The summed E-state index contributed by atoms with van der Waals surface area (Å²) in [4.78, 5) is 12.1. The molecule has 18 heavy (non-hydrogen) atoms.